The van der Waals surface area contributed by atoms with Crippen molar-refractivity contribution in [1.82, 2.24) is 5.32 Å². The molecule has 1 fully saturated rings. The Labute approximate surface area is 97.7 Å². The van der Waals surface area contributed by atoms with E-state index in [4.69, 9.17) is 0 Å². The van der Waals surface area contributed by atoms with Crippen LogP contribution in [0.5, 0.6) is 0 Å². The van der Waals surface area contributed by atoms with Crippen LogP contribution in [0.3, 0.4) is 0 Å². The van der Waals surface area contributed by atoms with Gasteiger partial charge in [0, 0.05) is 19.1 Å². The minimum Gasteiger partial charge on any atom is -0.396 e. The highest BCUT2D eigenvalue weighted by molar-refractivity contribution is 5.34. The maximum Gasteiger partial charge on any atom is 0.0477 e. The molecule has 2 N–H and O–H groups in total. The Hall–Kier alpha value is -0.860. The number of rotatable bonds is 2. The highest BCUT2D eigenvalue weighted by atomic mass is 16.3. The Kier molecular flexibility index (Phi) is 3.62. The van der Waals surface area contributed by atoms with Crippen molar-refractivity contribution in [3.05, 3.63) is 34.9 Å². The first-order valence-corrected chi connectivity index (χ1v) is 6.11. The van der Waals surface area contributed by atoms with Gasteiger partial charge in [-0.3, -0.25) is 0 Å². The van der Waals surface area contributed by atoms with Gasteiger partial charge >= 0.3 is 0 Å². The van der Waals surface area contributed by atoms with Gasteiger partial charge in [-0.2, -0.15) is 0 Å². The number of hydrogen-bond acceptors (Lipinski definition) is 2. The lowest BCUT2D eigenvalue weighted by Crippen LogP contribution is -2.37. The Morgan fingerprint density at radius 2 is 2.19 bits per heavy atom. The topological polar surface area (TPSA) is 32.3 Å². The molecule has 1 saturated heterocycles. The third-order valence-corrected chi connectivity index (χ3v) is 3.67. The van der Waals surface area contributed by atoms with Gasteiger partial charge in [0.1, 0.15) is 0 Å². The third kappa shape index (κ3) is 2.28. The Morgan fingerprint density at radius 3 is 2.88 bits per heavy atom. The molecule has 1 heterocycles. The van der Waals surface area contributed by atoms with Crippen LogP contribution in [0.2, 0.25) is 0 Å². The maximum atomic E-state index is 9.43. The average molecular weight is 219 g/mol. The minimum atomic E-state index is 0.283. The van der Waals surface area contributed by atoms with Gasteiger partial charge in [-0.05, 0) is 43.9 Å². The van der Waals surface area contributed by atoms with Crippen LogP contribution in [0.4, 0.5) is 0 Å². The summed E-state index contributed by atoms with van der Waals surface area (Å²) in [7, 11) is 0. The molecule has 0 bridgehead atoms. The quantitative estimate of drug-likeness (QED) is 0.797. The summed E-state index contributed by atoms with van der Waals surface area (Å²) >= 11 is 0. The van der Waals surface area contributed by atoms with Gasteiger partial charge in [0.15, 0.2) is 0 Å². The smallest absolute Gasteiger partial charge is 0.0477 e. The molecule has 2 atom stereocenters. The van der Waals surface area contributed by atoms with Crippen LogP contribution in [-0.2, 0) is 0 Å². The predicted octanol–water partition coefficient (Wildman–Crippen LogP) is 1.99. The van der Waals surface area contributed by atoms with E-state index in [1.165, 1.54) is 16.7 Å². The van der Waals surface area contributed by atoms with E-state index in [0.717, 1.165) is 19.5 Å². The second-order valence-corrected chi connectivity index (χ2v) is 4.90. The second-order valence-electron chi connectivity index (χ2n) is 4.90. The van der Waals surface area contributed by atoms with E-state index in [1.54, 1.807) is 0 Å². The second kappa shape index (κ2) is 4.98. The van der Waals surface area contributed by atoms with Gasteiger partial charge in [0.05, 0.1) is 0 Å². The van der Waals surface area contributed by atoms with E-state index < -0.39 is 0 Å². The van der Waals surface area contributed by atoms with E-state index in [9.17, 15) is 5.11 Å². The van der Waals surface area contributed by atoms with Crippen LogP contribution in [0.15, 0.2) is 18.2 Å². The molecule has 0 amide bonds. The largest absolute Gasteiger partial charge is 0.396 e. The summed E-state index contributed by atoms with van der Waals surface area (Å²) in [6, 6.07) is 6.66. The number of aryl methyl sites for hydroxylation is 2. The SMILES string of the molecule is Cc1ccc(C2CCNCC2CO)c(C)c1. The fraction of sp³-hybridized carbons (Fsp3) is 0.571. The van der Waals surface area contributed by atoms with Crippen molar-refractivity contribution in [2.45, 2.75) is 26.2 Å². The summed E-state index contributed by atoms with van der Waals surface area (Å²) in [5.41, 5.74) is 4.10. The lowest BCUT2D eigenvalue weighted by atomic mass is 9.79. The molecule has 2 heteroatoms. The summed E-state index contributed by atoms with van der Waals surface area (Å²) in [5, 5.41) is 12.8. The van der Waals surface area contributed by atoms with Crippen molar-refractivity contribution in [3.8, 4) is 0 Å². The number of benzene rings is 1. The highest BCUT2D eigenvalue weighted by Crippen LogP contribution is 2.32. The Morgan fingerprint density at radius 1 is 1.38 bits per heavy atom. The first-order chi connectivity index (χ1) is 7.72. The molecular formula is C14H21NO. The van der Waals surface area contributed by atoms with Crippen LogP contribution in [0.1, 0.15) is 29.0 Å². The summed E-state index contributed by atoms with van der Waals surface area (Å²) in [6.45, 7) is 6.59. The zero-order chi connectivity index (χ0) is 11.5. The van der Waals surface area contributed by atoms with Crippen LogP contribution >= 0.6 is 0 Å². The highest BCUT2D eigenvalue weighted by Gasteiger charge is 2.26. The zero-order valence-corrected chi connectivity index (χ0v) is 10.2. The van der Waals surface area contributed by atoms with E-state index in [-0.39, 0.29) is 6.61 Å². The van der Waals surface area contributed by atoms with Crippen molar-refractivity contribution in [3.63, 3.8) is 0 Å². The normalized spacial score (nSPS) is 25.7. The molecule has 0 aromatic heterocycles. The van der Waals surface area contributed by atoms with E-state index in [1.807, 2.05) is 0 Å². The fourth-order valence-corrected chi connectivity index (χ4v) is 2.77. The lowest BCUT2D eigenvalue weighted by Gasteiger charge is -2.32. The van der Waals surface area contributed by atoms with Crippen molar-refractivity contribution in [2.24, 2.45) is 5.92 Å². The molecule has 1 aliphatic heterocycles. The molecule has 1 aromatic rings. The van der Waals surface area contributed by atoms with E-state index in [0.29, 0.717) is 11.8 Å². The summed E-state index contributed by atoms with van der Waals surface area (Å²) in [4.78, 5) is 0. The molecule has 2 rings (SSSR count). The number of nitrogens with one attached hydrogen (secondary N) is 1. The van der Waals surface area contributed by atoms with Crippen molar-refractivity contribution >= 4 is 0 Å². The van der Waals surface area contributed by atoms with Gasteiger partial charge in [-0.25, -0.2) is 0 Å². The molecule has 2 unspecified atom stereocenters. The standard InChI is InChI=1S/C14H21NO/c1-10-3-4-13(11(2)7-10)14-5-6-15-8-12(14)9-16/h3-4,7,12,14-16H,5-6,8-9H2,1-2H3. The maximum absolute atomic E-state index is 9.43. The number of hydrogen-bond donors (Lipinski definition) is 2. The average Bonchev–Trinajstić information content (AvgIpc) is 2.29. The molecule has 1 aromatic carbocycles. The summed E-state index contributed by atoms with van der Waals surface area (Å²) in [6.07, 6.45) is 1.13. The Balaban J connectivity index is 2.27. The number of piperidine rings is 1. The van der Waals surface area contributed by atoms with Crippen LogP contribution < -0.4 is 5.32 Å². The predicted molar refractivity (Wildman–Crippen MR) is 66.7 cm³/mol. The summed E-state index contributed by atoms with van der Waals surface area (Å²) < 4.78 is 0. The molecule has 16 heavy (non-hydrogen) atoms. The zero-order valence-electron chi connectivity index (χ0n) is 10.2. The molecule has 0 radical (unpaired) electrons. The Bertz CT molecular complexity index is 362. The minimum absolute atomic E-state index is 0.283. The fourth-order valence-electron chi connectivity index (χ4n) is 2.77. The number of aliphatic hydroxyl groups is 1. The molecule has 0 spiro atoms. The van der Waals surface area contributed by atoms with Crippen molar-refractivity contribution < 1.29 is 5.11 Å². The van der Waals surface area contributed by atoms with Gasteiger partial charge in [-0.15, -0.1) is 0 Å². The van der Waals surface area contributed by atoms with Gasteiger partial charge < -0.3 is 10.4 Å². The van der Waals surface area contributed by atoms with Gasteiger partial charge in [0.2, 0.25) is 0 Å². The summed E-state index contributed by atoms with van der Waals surface area (Å²) in [5.74, 6) is 0.891. The lowest BCUT2D eigenvalue weighted by molar-refractivity contribution is 0.179. The molecule has 88 valence electrons. The van der Waals surface area contributed by atoms with Gasteiger partial charge in [0.25, 0.3) is 0 Å². The monoisotopic (exact) mass is 219 g/mol. The number of aliphatic hydroxyl groups excluding tert-OH is 1. The van der Waals surface area contributed by atoms with Crippen LogP contribution in [-0.4, -0.2) is 24.8 Å². The molecule has 0 saturated carbocycles. The van der Waals surface area contributed by atoms with Crippen molar-refractivity contribution in [1.29, 1.82) is 0 Å². The van der Waals surface area contributed by atoms with Gasteiger partial charge in [-0.1, -0.05) is 23.8 Å². The van der Waals surface area contributed by atoms with Crippen LogP contribution in [0, 0.1) is 19.8 Å². The van der Waals surface area contributed by atoms with E-state index >= 15 is 0 Å². The van der Waals surface area contributed by atoms with E-state index in [2.05, 4.69) is 37.4 Å². The molecule has 0 aliphatic carbocycles. The molecule has 2 nitrogen and oxygen atoms in total. The molecular weight excluding hydrogens is 198 g/mol. The van der Waals surface area contributed by atoms with Crippen molar-refractivity contribution in [2.75, 3.05) is 19.7 Å². The first kappa shape index (κ1) is 11.6. The molecule has 1 aliphatic rings. The third-order valence-electron chi connectivity index (χ3n) is 3.67. The van der Waals surface area contributed by atoms with Crippen LogP contribution in [0.25, 0.3) is 0 Å². The first-order valence-electron chi connectivity index (χ1n) is 6.11.